The van der Waals surface area contributed by atoms with Crippen LogP contribution >= 0.6 is 0 Å². The number of rotatable bonds is 6. The molecule has 0 aliphatic heterocycles. The van der Waals surface area contributed by atoms with Gasteiger partial charge < -0.3 is 20.2 Å². The average molecular weight is 427 g/mol. The molecule has 1 aromatic heterocycles. The van der Waals surface area contributed by atoms with Crippen LogP contribution in [0.5, 0.6) is 5.75 Å². The molecule has 5 nitrogen and oxygen atoms in total. The molecule has 3 aromatic carbocycles. The lowest BCUT2D eigenvalue weighted by Gasteiger charge is -2.10. The Labute approximate surface area is 176 Å². The Morgan fingerprint density at radius 2 is 1.84 bits per heavy atom. The molecule has 0 fully saturated rings. The van der Waals surface area contributed by atoms with Gasteiger partial charge in [0.1, 0.15) is 11.3 Å². The monoisotopic (exact) mass is 427 g/mol. The zero-order valence-electron chi connectivity index (χ0n) is 16.7. The maximum atomic E-state index is 12.6. The summed E-state index contributed by atoms with van der Waals surface area (Å²) in [6, 6.07) is 16.5. The highest BCUT2D eigenvalue weighted by molar-refractivity contribution is 5.93. The number of benzene rings is 3. The molecule has 4 rings (SSSR count). The van der Waals surface area contributed by atoms with Gasteiger partial charge in [0.05, 0.1) is 5.56 Å². The summed E-state index contributed by atoms with van der Waals surface area (Å²) < 4.78 is 47.9. The van der Waals surface area contributed by atoms with Crippen molar-refractivity contribution in [1.29, 1.82) is 0 Å². The van der Waals surface area contributed by atoms with E-state index in [2.05, 4.69) is 22.0 Å². The summed E-state index contributed by atoms with van der Waals surface area (Å²) in [5.41, 5.74) is 10.3. The van der Waals surface area contributed by atoms with Crippen molar-refractivity contribution in [2.75, 3.05) is 17.6 Å². The van der Waals surface area contributed by atoms with Crippen LogP contribution in [0.2, 0.25) is 0 Å². The van der Waals surface area contributed by atoms with Crippen molar-refractivity contribution in [3.63, 3.8) is 0 Å². The predicted molar refractivity (Wildman–Crippen MR) is 115 cm³/mol. The molecule has 0 amide bonds. The van der Waals surface area contributed by atoms with E-state index in [4.69, 9.17) is 10.2 Å². The van der Waals surface area contributed by atoms with E-state index < -0.39 is 6.36 Å². The largest absolute Gasteiger partial charge is 0.573 e. The molecule has 3 N–H and O–H groups in total. The Bertz CT molecular complexity index is 1220. The lowest BCUT2D eigenvalue weighted by atomic mass is 10.0. The minimum atomic E-state index is -4.76. The normalized spacial score (nSPS) is 11.6. The summed E-state index contributed by atoms with van der Waals surface area (Å²) in [5.74, 6) is 0.0728. The summed E-state index contributed by atoms with van der Waals surface area (Å²) in [6.45, 7) is 2.83. The third-order valence-electron chi connectivity index (χ3n) is 4.64. The van der Waals surface area contributed by atoms with E-state index in [9.17, 15) is 13.2 Å². The smallest absolute Gasteiger partial charge is 0.436 e. The van der Waals surface area contributed by atoms with Crippen LogP contribution in [0.3, 0.4) is 0 Å². The molecule has 4 aromatic rings. The van der Waals surface area contributed by atoms with Gasteiger partial charge >= 0.3 is 6.36 Å². The molecular formula is C23H20F3N3O2. The summed E-state index contributed by atoms with van der Waals surface area (Å²) in [4.78, 5) is 4.65. The summed E-state index contributed by atoms with van der Waals surface area (Å²) in [6.07, 6.45) is -3.82. The minimum Gasteiger partial charge on any atom is -0.436 e. The van der Waals surface area contributed by atoms with Crippen LogP contribution in [0.25, 0.3) is 33.7 Å². The number of anilines is 2. The van der Waals surface area contributed by atoms with Gasteiger partial charge in [-0.15, -0.1) is 13.2 Å². The molecule has 0 unspecified atom stereocenters. The Morgan fingerprint density at radius 3 is 2.61 bits per heavy atom. The number of fused-ring (bicyclic) bond motifs is 1. The van der Waals surface area contributed by atoms with Crippen LogP contribution in [-0.2, 0) is 0 Å². The highest BCUT2D eigenvalue weighted by atomic mass is 19.4. The van der Waals surface area contributed by atoms with E-state index in [1.54, 1.807) is 36.4 Å². The average Bonchev–Trinajstić information content (AvgIpc) is 3.16. The van der Waals surface area contributed by atoms with Gasteiger partial charge in [-0.05, 0) is 48.4 Å². The third-order valence-corrected chi connectivity index (χ3v) is 4.64. The number of alkyl halides is 3. The number of nitrogens with zero attached hydrogens (tertiary/aromatic N) is 1. The van der Waals surface area contributed by atoms with E-state index >= 15 is 0 Å². The van der Waals surface area contributed by atoms with Crippen LogP contribution in [-0.4, -0.2) is 17.9 Å². The molecule has 1 heterocycles. The van der Waals surface area contributed by atoms with Gasteiger partial charge in [0, 0.05) is 23.5 Å². The number of ether oxygens (including phenoxy) is 1. The zero-order valence-corrected chi connectivity index (χ0v) is 16.7. The summed E-state index contributed by atoms with van der Waals surface area (Å²) in [7, 11) is 0. The van der Waals surface area contributed by atoms with Gasteiger partial charge in [-0.2, -0.15) is 0 Å². The molecule has 160 valence electrons. The maximum absolute atomic E-state index is 12.6. The van der Waals surface area contributed by atoms with Gasteiger partial charge in [-0.1, -0.05) is 31.2 Å². The third kappa shape index (κ3) is 4.58. The fourth-order valence-electron chi connectivity index (χ4n) is 3.31. The number of oxazole rings is 1. The Hall–Kier alpha value is -3.68. The first kappa shape index (κ1) is 20.6. The van der Waals surface area contributed by atoms with Crippen molar-refractivity contribution in [1.82, 2.24) is 4.98 Å². The number of nitrogens with one attached hydrogen (secondary N) is 1. The highest BCUT2D eigenvalue weighted by Gasteiger charge is 2.31. The first-order valence-electron chi connectivity index (χ1n) is 9.73. The topological polar surface area (TPSA) is 73.3 Å². The fourth-order valence-corrected chi connectivity index (χ4v) is 3.31. The Balaban J connectivity index is 1.79. The standard InChI is InChI=1S/C23H20F3N3O2/c1-2-11-28-19-10-9-15(27)13-18(19)22-29-21-17(7-4-8-20(21)30-22)14-5-3-6-16(12-14)31-23(24,25)26/h3-10,12-13,28H,2,11,27H2,1H3. The second-order valence-corrected chi connectivity index (χ2v) is 6.98. The van der Waals surface area contributed by atoms with Gasteiger partial charge in [-0.25, -0.2) is 4.98 Å². The fraction of sp³-hybridized carbons (Fsp3) is 0.174. The molecular weight excluding hydrogens is 407 g/mol. The van der Waals surface area contributed by atoms with E-state index in [1.807, 2.05) is 6.07 Å². The van der Waals surface area contributed by atoms with Gasteiger partial charge in [0.2, 0.25) is 5.89 Å². The number of para-hydroxylation sites is 1. The second-order valence-electron chi connectivity index (χ2n) is 6.98. The van der Waals surface area contributed by atoms with Crippen molar-refractivity contribution in [3.05, 3.63) is 60.7 Å². The summed E-state index contributed by atoms with van der Waals surface area (Å²) in [5, 5.41) is 3.33. The minimum absolute atomic E-state index is 0.299. The van der Waals surface area contributed by atoms with Crippen molar-refractivity contribution in [3.8, 4) is 28.3 Å². The lowest BCUT2D eigenvalue weighted by Crippen LogP contribution is -2.17. The Kier molecular flexibility index (Phi) is 5.46. The first-order valence-corrected chi connectivity index (χ1v) is 9.73. The molecule has 0 bridgehead atoms. The molecule has 8 heteroatoms. The second kappa shape index (κ2) is 8.22. The lowest BCUT2D eigenvalue weighted by molar-refractivity contribution is -0.274. The predicted octanol–water partition coefficient (Wildman–Crippen LogP) is 6.46. The van der Waals surface area contributed by atoms with Crippen molar-refractivity contribution in [2.45, 2.75) is 19.7 Å². The maximum Gasteiger partial charge on any atom is 0.573 e. The number of hydrogen-bond donors (Lipinski definition) is 2. The van der Waals surface area contributed by atoms with Crippen molar-refractivity contribution in [2.24, 2.45) is 0 Å². The van der Waals surface area contributed by atoms with Crippen LogP contribution < -0.4 is 15.8 Å². The van der Waals surface area contributed by atoms with Crippen LogP contribution in [0, 0.1) is 0 Å². The summed E-state index contributed by atoms with van der Waals surface area (Å²) >= 11 is 0. The molecule has 0 saturated heterocycles. The molecule has 0 saturated carbocycles. The highest BCUT2D eigenvalue weighted by Crippen LogP contribution is 2.36. The SMILES string of the molecule is CCCNc1ccc(N)cc1-c1nc2c(-c3cccc(OC(F)(F)F)c3)cccc2o1. The van der Waals surface area contributed by atoms with Crippen molar-refractivity contribution < 1.29 is 22.3 Å². The van der Waals surface area contributed by atoms with Crippen LogP contribution in [0.1, 0.15) is 13.3 Å². The van der Waals surface area contributed by atoms with E-state index in [0.29, 0.717) is 39.4 Å². The van der Waals surface area contributed by atoms with Crippen molar-refractivity contribution >= 4 is 22.5 Å². The van der Waals surface area contributed by atoms with Crippen LogP contribution in [0.4, 0.5) is 24.5 Å². The quantitative estimate of drug-likeness (QED) is 0.345. The zero-order chi connectivity index (χ0) is 22.0. The van der Waals surface area contributed by atoms with Gasteiger partial charge in [0.15, 0.2) is 5.58 Å². The number of hydrogen-bond acceptors (Lipinski definition) is 5. The number of nitrogens with two attached hydrogens (primary N) is 1. The number of halogens is 3. The molecule has 31 heavy (non-hydrogen) atoms. The van der Waals surface area contributed by atoms with E-state index in [1.165, 1.54) is 18.2 Å². The molecule has 0 radical (unpaired) electrons. The molecule has 0 aliphatic carbocycles. The molecule has 0 aliphatic rings. The Morgan fingerprint density at radius 1 is 1.03 bits per heavy atom. The van der Waals surface area contributed by atoms with Gasteiger partial charge in [-0.3, -0.25) is 0 Å². The first-order chi connectivity index (χ1) is 14.8. The van der Waals surface area contributed by atoms with E-state index in [0.717, 1.165) is 18.7 Å². The molecule has 0 spiro atoms. The van der Waals surface area contributed by atoms with E-state index in [-0.39, 0.29) is 5.75 Å². The molecule has 0 atom stereocenters. The number of nitrogen functional groups attached to an aromatic ring is 1. The van der Waals surface area contributed by atoms with Gasteiger partial charge in [0.25, 0.3) is 0 Å². The van der Waals surface area contributed by atoms with Crippen LogP contribution in [0.15, 0.2) is 65.1 Å². The number of aromatic nitrogens is 1.